The first-order valence-electron chi connectivity index (χ1n) is 7.01. The molecule has 0 bridgehead atoms. The number of aryl methyl sites for hydroxylation is 1. The second-order valence-electron chi connectivity index (χ2n) is 5.22. The van der Waals surface area contributed by atoms with Crippen LogP contribution in [0.1, 0.15) is 6.42 Å². The SMILES string of the molecule is O=S(=O)(c1cnc2ccc(F)cc2c1)N1CCCn2ncnc21. The van der Waals surface area contributed by atoms with Gasteiger partial charge in [0.2, 0.25) is 5.95 Å². The van der Waals surface area contributed by atoms with E-state index in [1.807, 2.05) is 0 Å². The lowest BCUT2D eigenvalue weighted by atomic mass is 10.2. The number of nitrogens with zero attached hydrogens (tertiary/aromatic N) is 5. The molecule has 0 spiro atoms. The minimum absolute atomic E-state index is 0.00653. The molecule has 1 aliphatic heterocycles. The maximum absolute atomic E-state index is 13.4. The van der Waals surface area contributed by atoms with Crippen molar-refractivity contribution in [2.45, 2.75) is 17.9 Å². The molecule has 0 fully saturated rings. The smallest absolute Gasteiger partial charge is 0.255 e. The Bertz CT molecular complexity index is 1000. The van der Waals surface area contributed by atoms with Crippen LogP contribution in [0.4, 0.5) is 10.3 Å². The summed E-state index contributed by atoms with van der Waals surface area (Å²) < 4.78 is 41.9. The number of benzene rings is 1. The molecule has 4 rings (SSSR count). The van der Waals surface area contributed by atoms with Crippen LogP contribution in [0.15, 0.2) is 41.7 Å². The Labute approximate surface area is 131 Å². The highest BCUT2D eigenvalue weighted by Crippen LogP contribution is 2.26. The monoisotopic (exact) mass is 333 g/mol. The van der Waals surface area contributed by atoms with E-state index in [1.54, 1.807) is 4.68 Å². The van der Waals surface area contributed by atoms with Crippen LogP contribution in [0.25, 0.3) is 10.9 Å². The number of anilines is 1. The van der Waals surface area contributed by atoms with Gasteiger partial charge in [0, 0.05) is 24.7 Å². The van der Waals surface area contributed by atoms with Crippen LogP contribution in [0.3, 0.4) is 0 Å². The van der Waals surface area contributed by atoms with E-state index < -0.39 is 15.8 Å². The normalized spacial score (nSPS) is 14.9. The van der Waals surface area contributed by atoms with Crippen molar-refractivity contribution in [3.05, 3.63) is 42.6 Å². The minimum Gasteiger partial charge on any atom is -0.255 e. The zero-order valence-electron chi connectivity index (χ0n) is 11.9. The van der Waals surface area contributed by atoms with Gasteiger partial charge in [-0.25, -0.2) is 21.8 Å². The maximum Gasteiger partial charge on any atom is 0.268 e. The fourth-order valence-electron chi connectivity index (χ4n) is 2.65. The number of aromatic nitrogens is 4. The highest BCUT2D eigenvalue weighted by Gasteiger charge is 2.31. The summed E-state index contributed by atoms with van der Waals surface area (Å²) in [5.74, 6) is -0.151. The summed E-state index contributed by atoms with van der Waals surface area (Å²) in [6.07, 6.45) is 3.26. The van der Waals surface area contributed by atoms with E-state index in [1.165, 1.54) is 41.1 Å². The molecule has 118 valence electrons. The van der Waals surface area contributed by atoms with Crippen molar-refractivity contribution < 1.29 is 12.8 Å². The molecule has 0 saturated carbocycles. The molecule has 1 aliphatic rings. The quantitative estimate of drug-likeness (QED) is 0.711. The minimum atomic E-state index is -3.82. The molecule has 3 heterocycles. The van der Waals surface area contributed by atoms with Crippen LogP contribution in [0, 0.1) is 5.82 Å². The van der Waals surface area contributed by atoms with Gasteiger partial charge in [-0.15, -0.1) is 0 Å². The van der Waals surface area contributed by atoms with Gasteiger partial charge in [0.1, 0.15) is 17.0 Å². The van der Waals surface area contributed by atoms with Crippen molar-refractivity contribution in [1.29, 1.82) is 0 Å². The second kappa shape index (κ2) is 4.98. The summed E-state index contributed by atoms with van der Waals surface area (Å²) in [6, 6.07) is 5.49. The molecule has 7 nitrogen and oxygen atoms in total. The third-order valence-corrected chi connectivity index (χ3v) is 5.50. The summed E-state index contributed by atoms with van der Waals surface area (Å²) in [5, 5.41) is 4.44. The van der Waals surface area contributed by atoms with Crippen LogP contribution >= 0.6 is 0 Å². The zero-order valence-corrected chi connectivity index (χ0v) is 12.7. The molecule has 23 heavy (non-hydrogen) atoms. The van der Waals surface area contributed by atoms with Crippen LogP contribution in [0.5, 0.6) is 0 Å². The second-order valence-corrected chi connectivity index (χ2v) is 7.08. The van der Waals surface area contributed by atoms with E-state index in [0.29, 0.717) is 30.4 Å². The van der Waals surface area contributed by atoms with Crippen molar-refractivity contribution in [3.63, 3.8) is 0 Å². The third kappa shape index (κ3) is 2.24. The van der Waals surface area contributed by atoms with E-state index in [4.69, 9.17) is 0 Å². The number of sulfonamides is 1. The average Bonchev–Trinajstić information content (AvgIpc) is 3.02. The van der Waals surface area contributed by atoms with Gasteiger partial charge in [0.15, 0.2) is 0 Å². The van der Waals surface area contributed by atoms with Gasteiger partial charge in [0.25, 0.3) is 10.0 Å². The summed E-state index contributed by atoms with van der Waals surface area (Å²) in [6.45, 7) is 0.949. The van der Waals surface area contributed by atoms with E-state index in [-0.39, 0.29) is 10.8 Å². The first-order valence-corrected chi connectivity index (χ1v) is 8.45. The van der Waals surface area contributed by atoms with Crippen molar-refractivity contribution >= 4 is 26.9 Å². The Balaban J connectivity index is 1.84. The number of hydrogen-bond donors (Lipinski definition) is 0. The first-order chi connectivity index (χ1) is 11.1. The van der Waals surface area contributed by atoms with Gasteiger partial charge in [-0.3, -0.25) is 4.98 Å². The Morgan fingerprint density at radius 2 is 2.00 bits per heavy atom. The van der Waals surface area contributed by atoms with E-state index in [0.717, 1.165) is 0 Å². The average molecular weight is 333 g/mol. The summed E-state index contributed by atoms with van der Waals surface area (Å²) >= 11 is 0. The summed E-state index contributed by atoms with van der Waals surface area (Å²) in [4.78, 5) is 8.14. The van der Waals surface area contributed by atoms with Crippen molar-refractivity contribution in [1.82, 2.24) is 19.7 Å². The van der Waals surface area contributed by atoms with Gasteiger partial charge in [0.05, 0.1) is 5.52 Å². The molecule has 0 saturated heterocycles. The number of pyridine rings is 1. The third-order valence-electron chi connectivity index (χ3n) is 3.76. The van der Waals surface area contributed by atoms with E-state index >= 15 is 0 Å². The fourth-order valence-corrected chi connectivity index (χ4v) is 4.09. The highest BCUT2D eigenvalue weighted by atomic mass is 32.2. The Morgan fingerprint density at radius 1 is 1.13 bits per heavy atom. The van der Waals surface area contributed by atoms with Crippen molar-refractivity contribution in [2.24, 2.45) is 0 Å². The Hall–Kier alpha value is -2.55. The van der Waals surface area contributed by atoms with Crippen LogP contribution < -0.4 is 4.31 Å². The molecule has 3 aromatic rings. The number of fused-ring (bicyclic) bond motifs is 2. The molecule has 0 N–H and O–H groups in total. The van der Waals surface area contributed by atoms with Gasteiger partial charge in [-0.1, -0.05) is 0 Å². The number of hydrogen-bond acceptors (Lipinski definition) is 5. The molecular weight excluding hydrogens is 321 g/mol. The lowest BCUT2D eigenvalue weighted by Gasteiger charge is -2.27. The van der Waals surface area contributed by atoms with Crippen LogP contribution in [0.2, 0.25) is 0 Å². The highest BCUT2D eigenvalue weighted by molar-refractivity contribution is 7.92. The van der Waals surface area contributed by atoms with E-state index in [2.05, 4.69) is 15.1 Å². The molecule has 2 aromatic heterocycles. The summed E-state index contributed by atoms with van der Waals surface area (Å²) in [7, 11) is -3.82. The lowest BCUT2D eigenvalue weighted by Crippen LogP contribution is -2.38. The van der Waals surface area contributed by atoms with Gasteiger partial charge in [-0.05, 0) is 30.7 Å². The molecule has 0 radical (unpaired) electrons. The number of rotatable bonds is 2. The Morgan fingerprint density at radius 3 is 2.87 bits per heavy atom. The fraction of sp³-hybridized carbons (Fsp3) is 0.214. The van der Waals surface area contributed by atoms with Crippen molar-refractivity contribution in [3.8, 4) is 0 Å². The van der Waals surface area contributed by atoms with Crippen LogP contribution in [-0.2, 0) is 16.6 Å². The zero-order chi connectivity index (χ0) is 16.0. The predicted octanol–water partition coefficient (Wildman–Crippen LogP) is 1.56. The Kier molecular flexibility index (Phi) is 3.05. The molecular formula is C14H12FN5O2S. The first kappa shape index (κ1) is 14.1. The number of halogens is 1. The standard InChI is InChI=1S/C14H12FN5O2S/c15-11-2-3-13-10(6-11)7-12(8-16-13)23(21,22)20-5-1-4-19-14(20)17-9-18-19/h2-3,6-9H,1,4-5H2. The van der Waals surface area contributed by atoms with Gasteiger partial charge < -0.3 is 0 Å². The molecule has 0 atom stereocenters. The van der Waals surface area contributed by atoms with Gasteiger partial charge >= 0.3 is 0 Å². The van der Waals surface area contributed by atoms with Crippen LogP contribution in [-0.4, -0.2) is 34.7 Å². The molecule has 9 heteroatoms. The van der Waals surface area contributed by atoms with E-state index in [9.17, 15) is 12.8 Å². The van der Waals surface area contributed by atoms with Crippen molar-refractivity contribution in [2.75, 3.05) is 10.8 Å². The molecule has 1 aromatic carbocycles. The largest absolute Gasteiger partial charge is 0.268 e. The van der Waals surface area contributed by atoms with Gasteiger partial charge in [-0.2, -0.15) is 10.1 Å². The predicted molar refractivity (Wildman–Crippen MR) is 80.9 cm³/mol. The topological polar surface area (TPSA) is 81.0 Å². The lowest BCUT2D eigenvalue weighted by molar-refractivity contribution is 0.529. The maximum atomic E-state index is 13.4. The summed E-state index contributed by atoms with van der Waals surface area (Å²) in [5.41, 5.74) is 0.534. The molecule has 0 unspecified atom stereocenters. The molecule has 0 amide bonds. The molecule has 0 aliphatic carbocycles.